The Kier molecular flexibility index (Phi) is 7.87. The molecule has 10 nitrogen and oxygen atoms in total. The van der Waals surface area contributed by atoms with Crippen LogP contribution in [0.2, 0.25) is 0 Å². The predicted octanol–water partition coefficient (Wildman–Crippen LogP) is 2.02. The number of nitrogens with one attached hydrogen (secondary N) is 1. The van der Waals surface area contributed by atoms with Crippen molar-refractivity contribution in [2.45, 2.75) is 11.8 Å². The van der Waals surface area contributed by atoms with Crippen molar-refractivity contribution in [1.82, 2.24) is 0 Å². The SMILES string of the molecule is Cc1cc(O)ccc1N=Nc1ccc(Nc2ccc(S(=O)(=O)O)cc2[N+](=O)[O-])cc1.[Na+]. The zero-order valence-corrected chi connectivity index (χ0v) is 19.4. The number of aromatic hydroxyl groups is 1. The van der Waals surface area contributed by atoms with Crippen LogP contribution in [0, 0.1) is 17.0 Å². The molecule has 0 saturated heterocycles. The number of hydrogen-bond donors (Lipinski definition) is 3. The van der Waals surface area contributed by atoms with E-state index in [9.17, 15) is 23.6 Å². The van der Waals surface area contributed by atoms with Gasteiger partial charge < -0.3 is 10.4 Å². The minimum absolute atomic E-state index is 0. The topological polar surface area (TPSA) is 154 Å². The Balaban J connectivity index is 0.00000341. The summed E-state index contributed by atoms with van der Waals surface area (Å²) in [4.78, 5) is 9.94. The Bertz CT molecular complexity index is 1250. The summed E-state index contributed by atoms with van der Waals surface area (Å²) >= 11 is 0. The number of phenols is 1. The first-order chi connectivity index (χ1) is 14.1. The van der Waals surface area contributed by atoms with Crippen molar-refractivity contribution in [2.75, 3.05) is 5.32 Å². The molecule has 3 aromatic rings. The molecular weight excluding hydrogens is 435 g/mol. The number of nitro groups is 1. The van der Waals surface area contributed by atoms with Gasteiger partial charge in [0.25, 0.3) is 15.8 Å². The van der Waals surface area contributed by atoms with Gasteiger partial charge in [0.05, 0.1) is 16.3 Å². The molecule has 0 aromatic heterocycles. The summed E-state index contributed by atoms with van der Waals surface area (Å²) in [5.41, 5.74) is 1.95. The molecule has 0 heterocycles. The zero-order valence-electron chi connectivity index (χ0n) is 16.6. The van der Waals surface area contributed by atoms with E-state index in [0.717, 1.165) is 17.7 Å². The summed E-state index contributed by atoms with van der Waals surface area (Å²) < 4.78 is 31.5. The summed E-state index contributed by atoms with van der Waals surface area (Å²) in [7, 11) is -4.56. The van der Waals surface area contributed by atoms with Crippen LogP contribution in [-0.2, 0) is 10.1 Å². The molecular formula is C19H16N4NaO6S+. The van der Waals surface area contributed by atoms with Gasteiger partial charge in [-0.2, -0.15) is 18.6 Å². The van der Waals surface area contributed by atoms with Crippen molar-refractivity contribution in [2.24, 2.45) is 10.2 Å². The van der Waals surface area contributed by atoms with Gasteiger partial charge in [0.1, 0.15) is 16.3 Å². The molecule has 0 bridgehead atoms. The van der Waals surface area contributed by atoms with Gasteiger partial charge in [0, 0.05) is 11.8 Å². The second kappa shape index (κ2) is 9.98. The molecule has 0 amide bonds. The molecule has 0 atom stereocenters. The van der Waals surface area contributed by atoms with Crippen LogP contribution < -0.4 is 34.9 Å². The average Bonchev–Trinajstić information content (AvgIpc) is 2.68. The van der Waals surface area contributed by atoms with Crippen LogP contribution in [-0.4, -0.2) is 23.0 Å². The molecule has 3 rings (SSSR count). The number of nitro benzene ring substituents is 1. The average molecular weight is 451 g/mol. The Morgan fingerprint density at radius 2 is 1.68 bits per heavy atom. The number of hydrogen-bond acceptors (Lipinski definition) is 8. The van der Waals surface area contributed by atoms with Crippen LogP contribution in [0.15, 0.2) is 75.8 Å². The third-order valence-electron chi connectivity index (χ3n) is 4.06. The van der Waals surface area contributed by atoms with E-state index in [1.165, 1.54) is 12.1 Å². The molecule has 0 aliphatic heterocycles. The fourth-order valence-corrected chi connectivity index (χ4v) is 3.06. The van der Waals surface area contributed by atoms with Crippen molar-refractivity contribution >= 4 is 38.6 Å². The summed E-state index contributed by atoms with van der Waals surface area (Å²) in [6.07, 6.45) is 0. The molecule has 0 saturated carbocycles. The monoisotopic (exact) mass is 451 g/mol. The summed E-state index contributed by atoms with van der Waals surface area (Å²) in [5.74, 6) is 0.139. The van der Waals surface area contributed by atoms with Gasteiger partial charge in [-0.3, -0.25) is 14.7 Å². The summed E-state index contributed by atoms with van der Waals surface area (Å²) in [6, 6.07) is 14.3. The number of anilines is 2. The van der Waals surface area contributed by atoms with Crippen molar-refractivity contribution in [1.29, 1.82) is 0 Å². The van der Waals surface area contributed by atoms with Crippen LogP contribution >= 0.6 is 0 Å². The maximum absolute atomic E-state index is 11.3. The molecule has 0 unspecified atom stereocenters. The van der Waals surface area contributed by atoms with Crippen molar-refractivity contribution in [3.05, 3.63) is 76.3 Å². The van der Waals surface area contributed by atoms with E-state index in [-0.39, 0.29) is 41.0 Å². The van der Waals surface area contributed by atoms with E-state index < -0.39 is 25.6 Å². The number of nitrogens with zero attached hydrogens (tertiary/aromatic N) is 3. The first kappa shape index (κ1) is 24.4. The van der Waals surface area contributed by atoms with Crippen molar-refractivity contribution < 1.29 is 52.6 Å². The van der Waals surface area contributed by atoms with Gasteiger partial charge in [-0.15, -0.1) is 0 Å². The largest absolute Gasteiger partial charge is 1.00 e. The molecule has 0 fully saturated rings. The predicted molar refractivity (Wildman–Crippen MR) is 110 cm³/mol. The minimum Gasteiger partial charge on any atom is -0.508 e. The number of aryl methyl sites for hydroxylation is 1. The Hall–Kier alpha value is -2.83. The van der Waals surface area contributed by atoms with Crippen LogP contribution in [0.3, 0.4) is 0 Å². The first-order valence-corrected chi connectivity index (χ1v) is 9.92. The normalized spacial score (nSPS) is 11.2. The Morgan fingerprint density at radius 1 is 1.00 bits per heavy atom. The summed E-state index contributed by atoms with van der Waals surface area (Å²) in [5, 5.41) is 31.7. The van der Waals surface area contributed by atoms with E-state index in [1.54, 1.807) is 43.3 Å². The molecule has 0 spiro atoms. The Morgan fingerprint density at radius 3 is 2.26 bits per heavy atom. The van der Waals surface area contributed by atoms with E-state index >= 15 is 0 Å². The second-order valence-electron chi connectivity index (χ2n) is 6.25. The van der Waals surface area contributed by atoms with Gasteiger partial charge in [0.15, 0.2) is 0 Å². The quantitative estimate of drug-likeness (QED) is 0.170. The van der Waals surface area contributed by atoms with Gasteiger partial charge >= 0.3 is 29.6 Å². The van der Waals surface area contributed by atoms with E-state index in [4.69, 9.17) is 4.55 Å². The fraction of sp³-hybridized carbons (Fsp3) is 0.0526. The molecule has 0 radical (unpaired) electrons. The van der Waals surface area contributed by atoms with E-state index in [1.807, 2.05) is 0 Å². The van der Waals surface area contributed by atoms with Crippen LogP contribution in [0.4, 0.5) is 28.4 Å². The number of benzene rings is 3. The van der Waals surface area contributed by atoms with Gasteiger partial charge in [-0.05, 0) is 67.1 Å². The van der Waals surface area contributed by atoms with Crippen LogP contribution in [0.5, 0.6) is 5.75 Å². The first-order valence-electron chi connectivity index (χ1n) is 8.48. The van der Waals surface area contributed by atoms with Crippen molar-refractivity contribution in [3.63, 3.8) is 0 Å². The molecule has 3 N–H and O–H groups in total. The van der Waals surface area contributed by atoms with E-state index in [2.05, 4.69) is 15.5 Å². The van der Waals surface area contributed by atoms with Gasteiger partial charge in [-0.1, -0.05) is 0 Å². The second-order valence-corrected chi connectivity index (χ2v) is 7.68. The van der Waals surface area contributed by atoms with Crippen LogP contribution in [0.1, 0.15) is 5.56 Å². The molecule has 3 aromatic carbocycles. The molecule has 0 aliphatic rings. The molecule has 12 heteroatoms. The minimum atomic E-state index is -4.56. The van der Waals surface area contributed by atoms with E-state index in [0.29, 0.717) is 17.1 Å². The van der Waals surface area contributed by atoms with Crippen molar-refractivity contribution in [3.8, 4) is 5.75 Å². The fourth-order valence-electron chi connectivity index (χ4n) is 2.56. The van der Waals surface area contributed by atoms with Gasteiger partial charge in [0.2, 0.25) is 0 Å². The number of azo groups is 1. The van der Waals surface area contributed by atoms with Crippen LogP contribution in [0.25, 0.3) is 0 Å². The maximum Gasteiger partial charge on any atom is 1.00 e. The Labute approximate surface area is 199 Å². The zero-order chi connectivity index (χ0) is 21.9. The molecule has 0 aliphatic carbocycles. The number of rotatable bonds is 6. The molecule has 31 heavy (non-hydrogen) atoms. The third kappa shape index (κ3) is 6.32. The molecule has 154 valence electrons. The maximum atomic E-state index is 11.3. The number of phenolic OH excluding ortho intramolecular Hbond substituents is 1. The standard InChI is InChI=1S/C19H16N4O6S.Na/c1-12-10-15(24)6-8-17(12)22-21-14-4-2-13(3-5-14)20-18-9-7-16(30(27,28)29)11-19(18)23(25)26;/h2-11,20,24H,1H3,(H,27,28,29);/q;+1. The smallest absolute Gasteiger partial charge is 0.508 e. The summed E-state index contributed by atoms with van der Waals surface area (Å²) in [6.45, 7) is 1.79. The van der Waals surface area contributed by atoms with Gasteiger partial charge in [-0.25, -0.2) is 0 Å². The third-order valence-corrected chi connectivity index (χ3v) is 4.91.